The van der Waals surface area contributed by atoms with Crippen LogP contribution in [0, 0.1) is 0 Å². The van der Waals surface area contributed by atoms with E-state index in [0.29, 0.717) is 47.0 Å². The van der Waals surface area contributed by atoms with E-state index >= 15 is 0 Å². The second-order valence-corrected chi connectivity index (χ2v) is 12.0. The van der Waals surface area contributed by atoms with E-state index in [4.69, 9.17) is 21.3 Å². The molecule has 1 saturated heterocycles. The fourth-order valence-corrected chi connectivity index (χ4v) is 6.84. The van der Waals surface area contributed by atoms with Crippen molar-refractivity contribution in [2.45, 2.75) is 19.9 Å². The Morgan fingerprint density at radius 1 is 1.19 bits per heavy atom. The highest BCUT2D eigenvalue weighted by Gasteiger charge is 2.22. The number of methoxy groups -OCH3 is 1. The molecule has 1 aliphatic heterocycles. The summed E-state index contributed by atoms with van der Waals surface area (Å²) in [6.07, 6.45) is 3.51. The van der Waals surface area contributed by atoms with E-state index in [-0.39, 0.29) is 6.04 Å². The molecule has 0 bridgehead atoms. The van der Waals surface area contributed by atoms with Gasteiger partial charge in [-0.2, -0.15) is 0 Å². The van der Waals surface area contributed by atoms with Gasteiger partial charge < -0.3 is 19.9 Å². The number of nitrogens with zero attached hydrogens (tertiary/aromatic N) is 4. The van der Waals surface area contributed by atoms with Crippen LogP contribution in [0.4, 0.5) is 17.3 Å². The van der Waals surface area contributed by atoms with E-state index in [1.807, 2.05) is 62.5 Å². The normalized spacial score (nSPS) is 15.3. The number of benzene rings is 2. The first-order chi connectivity index (χ1) is 17.3. The van der Waals surface area contributed by atoms with Crippen molar-refractivity contribution in [2.24, 2.45) is 4.36 Å². The van der Waals surface area contributed by atoms with Crippen molar-refractivity contribution in [3.8, 4) is 17.0 Å². The molecule has 10 heteroatoms. The highest BCUT2D eigenvalue weighted by Crippen LogP contribution is 2.35. The van der Waals surface area contributed by atoms with Gasteiger partial charge in [0.05, 0.1) is 45.5 Å². The molecule has 0 unspecified atom stereocenters. The van der Waals surface area contributed by atoms with Gasteiger partial charge in [0.2, 0.25) is 5.95 Å². The quantitative estimate of drug-likeness (QED) is 0.334. The van der Waals surface area contributed by atoms with Crippen LogP contribution in [0.1, 0.15) is 13.8 Å². The van der Waals surface area contributed by atoms with Gasteiger partial charge >= 0.3 is 0 Å². The Kier molecular flexibility index (Phi) is 6.77. The number of para-hydroxylation sites is 1. The van der Waals surface area contributed by atoms with Crippen molar-refractivity contribution in [2.75, 3.05) is 41.9 Å². The average molecular weight is 525 g/mol. The molecule has 0 amide bonds. The van der Waals surface area contributed by atoms with Crippen LogP contribution in [-0.4, -0.2) is 56.9 Å². The zero-order chi connectivity index (χ0) is 25.3. The molecule has 8 nitrogen and oxygen atoms in total. The van der Waals surface area contributed by atoms with E-state index < -0.39 is 9.73 Å². The zero-order valence-corrected chi connectivity index (χ0v) is 22.1. The molecule has 0 atom stereocenters. The summed E-state index contributed by atoms with van der Waals surface area (Å²) >= 11 is 6.48. The molecule has 188 valence electrons. The number of H-pyrrole nitrogens is 1. The monoisotopic (exact) mass is 524 g/mol. The van der Waals surface area contributed by atoms with Crippen LogP contribution in [0.3, 0.4) is 0 Å². The fourth-order valence-electron chi connectivity index (χ4n) is 4.45. The van der Waals surface area contributed by atoms with Crippen molar-refractivity contribution in [1.29, 1.82) is 0 Å². The Hall–Kier alpha value is -3.30. The molecule has 5 rings (SSSR count). The molecule has 1 fully saturated rings. The summed E-state index contributed by atoms with van der Waals surface area (Å²) in [6.45, 7) is 5.34. The first-order valence-electron chi connectivity index (χ1n) is 11.9. The SMILES string of the molecule is COc1cc(N2CCS(=O)(=NC(C)C)CC2)ccc1Nc1ncc(Cl)c(-c2c[nH]c3ccccc23)n1. The molecule has 0 aliphatic carbocycles. The Morgan fingerprint density at radius 2 is 1.97 bits per heavy atom. The average Bonchev–Trinajstić information content (AvgIpc) is 3.29. The molecule has 3 heterocycles. The number of aromatic amines is 1. The lowest BCUT2D eigenvalue weighted by Crippen LogP contribution is -2.40. The van der Waals surface area contributed by atoms with E-state index in [9.17, 15) is 4.21 Å². The zero-order valence-electron chi connectivity index (χ0n) is 20.5. The van der Waals surface area contributed by atoms with Gasteiger partial charge in [0.15, 0.2) is 0 Å². The smallest absolute Gasteiger partial charge is 0.227 e. The lowest BCUT2D eigenvalue weighted by molar-refractivity contribution is 0.416. The maximum atomic E-state index is 12.9. The van der Waals surface area contributed by atoms with E-state index in [1.54, 1.807) is 13.3 Å². The molecular weight excluding hydrogens is 496 g/mol. The van der Waals surface area contributed by atoms with Crippen molar-refractivity contribution in [3.63, 3.8) is 0 Å². The van der Waals surface area contributed by atoms with Gasteiger partial charge in [-0.15, -0.1) is 0 Å². The van der Waals surface area contributed by atoms with Gasteiger partial charge in [0, 0.05) is 59.0 Å². The third kappa shape index (κ3) is 4.99. The third-order valence-corrected chi connectivity index (χ3v) is 8.87. The van der Waals surface area contributed by atoms with Gasteiger partial charge in [0.1, 0.15) is 5.75 Å². The van der Waals surface area contributed by atoms with Crippen LogP contribution in [0.2, 0.25) is 5.02 Å². The Labute approximate surface area is 216 Å². The summed E-state index contributed by atoms with van der Waals surface area (Å²) in [5.74, 6) is 2.22. The summed E-state index contributed by atoms with van der Waals surface area (Å²) in [4.78, 5) is 14.6. The lowest BCUT2D eigenvalue weighted by Gasteiger charge is -2.31. The number of hydrogen-bond donors (Lipinski definition) is 2. The third-order valence-electron chi connectivity index (χ3n) is 6.15. The van der Waals surface area contributed by atoms with Gasteiger partial charge in [-0.1, -0.05) is 29.8 Å². The highest BCUT2D eigenvalue weighted by atomic mass is 35.5. The predicted molar refractivity (Wildman–Crippen MR) is 148 cm³/mol. The minimum Gasteiger partial charge on any atom is -0.494 e. The Morgan fingerprint density at radius 3 is 2.72 bits per heavy atom. The topological polar surface area (TPSA) is 95.5 Å². The number of fused-ring (bicyclic) bond motifs is 1. The number of halogens is 1. The first kappa shape index (κ1) is 24.4. The van der Waals surface area contributed by atoms with Crippen LogP contribution in [0.5, 0.6) is 5.75 Å². The van der Waals surface area contributed by atoms with Crippen LogP contribution in [0.15, 0.2) is 59.2 Å². The first-order valence-corrected chi connectivity index (χ1v) is 14.1. The van der Waals surface area contributed by atoms with Crippen LogP contribution < -0.4 is 15.0 Å². The molecule has 2 N–H and O–H groups in total. The predicted octanol–water partition coefficient (Wildman–Crippen LogP) is 5.73. The molecule has 0 spiro atoms. The van der Waals surface area contributed by atoms with E-state index in [0.717, 1.165) is 27.8 Å². The largest absolute Gasteiger partial charge is 0.494 e. The van der Waals surface area contributed by atoms with Gasteiger partial charge in [-0.25, -0.2) is 18.5 Å². The molecule has 1 aliphatic rings. The molecule has 2 aromatic carbocycles. The standard InChI is InChI=1S/C26H29ClN6O2S/c1-17(2)32-36(34)12-10-33(11-13-36)18-8-9-23(24(14-18)35-3)30-26-29-16-21(27)25(31-26)20-15-28-22-7-5-4-6-19(20)22/h4-9,14-17,28H,10-13H2,1-3H3,(H,29,30,31). The summed E-state index contributed by atoms with van der Waals surface area (Å²) in [5.41, 5.74) is 4.32. The summed E-state index contributed by atoms with van der Waals surface area (Å²) in [6, 6.07) is 14.0. The molecule has 0 saturated carbocycles. The van der Waals surface area contributed by atoms with E-state index in [2.05, 4.69) is 24.5 Å². The van der Waals surface area contributed by atoms with Crippen molar-refractivity contribution in [3.05, 3.63) is 59.9 Å². The van der Waals surface area contributed by atoms with Crippen LogP contribution >= 0.6 is 11.6 Å². The van der Waals surface area contributed by atoms with Gasteiger partial charge in [-0.05, 0) is 32.0 Å². The van der Waals surface area contributed by atoms with Crippen LogP contribution in [-0.2, 0) is 9.73 Å². The molecular formula is C26H29ClN6O2S. The number of rotatable bonds is 6. The van der Waals surface area contributed by atoms with Gasteiger partial charge in [-0.3, -0.25) is 0 Å². The second kappa shape index (κ2) is 9.99. The summed E-state index contributed by atoms with van der Waals surface area (Å²) in [5, 5.41) is 4.78. The Balaban J connectivity index is 1.38. The molecule has 4 aromatic rings. The minimum atomic E-state index is -2.12. The number of aromatic nitrogens is 3. The fraction of sp³-hybridized carbons (Fsp3) is 0.308. The Bertz CT molecular complexity index is 1510. The summed E-state index contributed by atoms with van der Waals surface area (Å²) < 4.78 is 23.1. The maximum Gasteiger partial charge on any atom is 0.227 e. The van der Waals surface area contributed by atoms with Crippen LogP contribution in [0.25, 0.3) is 22.2 Å². The molecule has 36 heavy (non-hydrogen) atoms. The van der Waals surface area contributed by atoms with Crippen molar-refractivity contribution in [1.82, 2.24) is 15.0 Å². The molecule has 2 aromatic heterocycles. The maximum absolute atomic E-state index is 12.9. The van der Waals surface area contributed by atoms with Crippen molar-refractivity contribution < 1.29 is 8.95 Å². The number of anilines is 3. The minimum absolute atomic E-state index is 0.0843. The van der Waals surface area contributed by atoms with E-state index in [1.165, 1.54) is 0 Å². The number of nitrogens with one attached hydrogen (secondary N) is 2. The van der Waals surface area contributed by atoms with Gasteiger partial charge in [0.25, 0.3) is 0 Å². The molecule has 0 radical (unpaired) electrons. The number of hydrogen-bond acceptors (Lipinski definition) is 7. The second-order valence-electron chi connectivity index (χ2n) is 9.01. The lowest BCUT2D eigenvalue weighted by atomic mass is 10.1. The van der Waals surface area contributed by atoms with Crippen molar-refractivity contribution >= 4 is 49.6 Å². The number of ether oxygens (including phenoxy) is 1. The highest BCUT2D eigenvalue weighted by molar-refractivity contribution is 7.93. The summed E-state index contributed by atoms with van der Waals surface area (Å²) in [7, 11) is -0.491.